The Labute approximate surface area is 258 Å². The summed E-state index contributed by atoms with van der Waals surface area (Å²) in [5.41, 5.74) is 5.92. The second kappa shape index (κ2) is 17.7. The Hall–Kier alpha value is -3.13. The fourth-order valence-corrected chi connectivity index (χ4v) is 4.50. The van der Waals surface area contributed by atoms with Crippen molar-refractivity contribution in [2.45, 2.75) is 85.2 Å². The first kappa shape index (κ1) is 35.1. The number of fused-ring (bicyclic) bond motifs is 4. The molecule has 0 radical (unpaired) electrons. The molecule has 4 rings (SSSR count). The number of amidine groups is 1. The smallest absolute Gasteiger partial charge is 0.209 e. The van der Waals surface area contributed by atoms with Gasteiger partial charge in [-0.25, -0.2) is 4.99 Å². The number of carbonyl (C=O) groups is 1. The van der Waals surface area contributed by atoms with Crippen molar-refractivity contribution in [1.29, 1.82) is 0 Å². The molecular weight excluding hydrogens is 546 g/mol. The first-order valence-corrected chi connectivity index (χ1v) is 15.1. The van der Waals surface area contributed by atoms with Gasteiger partial charge in [-0.2, -0.15) is 0 Å². The normalized spacial score (nSPS) is 19.9. The van der Waals surface area contributed by atoms with Gasteiger partial charge in [-0.15, -0.1) is 6.58 Å². The summed E-state index contributed by atoms with van der Waals surface area (Å²) >= 11 is 6.49. The lowest BCUT2D eigenvalue weighted by Crippen LogP contribution is -2.32. The van der Waals surface area contributed by atoms with Crippen LogP contribution in [0.1, 0.15) is 64.7 Å². The second-order valence-corrected chi connectivity index (χ2v) is 11.8. The predicted molar refractivity (Wildman–Crippen MR) is 180 cm³/mol. The van der Waals surface area contributed by atoms with Crippen molar-refractivity contribution in [3.05, 3.63) is 82.9 Å². The standard InChI is InChI=1S/C26H32ClN5O.C5H12O.C3H6/c1-3-25(27)26-30-18(2)29-22-6-4-5-19(13-22)7-8-20-14-23(31-26)10-9-21(20)15-28-24-11-12-32(16-24)17-33;1-5(2,3)6-4;1-3-2/h3-6,9-10,13-14,17-18,24,28-29H,7-8,11-12,15-16H2,1-2H3,(H,30,31);1-4H3;3H,1H2,2H3/b25-3+;;. The fourth-order valence-electron chi connectivity index (χ4n) is 4.40. The van der Waals surface area contributed by atoms with Gasteiger partial charge in [-0.05, 0) is 102 Å². The summed E-state index contributed by atoms with van der Waals surface area (Å²) in [6.07, 6.45) is 7.28. The maximum atomic E-state index is 11.0. The molecule has 42 heavy (non-hydrogen) atoms. The molecule has 0 aliphatic carbocycles. The van der Waals surface area contributed by atoms with E-state index in [2.05, 4.69) is 65.0 Å². The van der Waals surface area contributed by atoms with Crippen LogP contribution in [0.25, 0.3) is 0 Å². The maximum absolute atomic E-state index is 11.0. The Morgan fingerprint density at radius 1 is 1.19 bits per heavy atom. The SMILES string of the molecule is C/C=C(Cl)\C1=N/C(C)Nc2cccc(c2)CCc2cc(ccc2CNC2CCN(C=O)C2)N1.C=CC.COC(C)(C)C. The highest BCUT2D eigenvalue weighted by atomic mass is 35.5. The summed E-state index contributed by atoms with van der Waals surface area (Å²) in [6, 6.07) is 15.3. The van der Waals surface area contributed by atoms with E-state index in [1.165, 1.54) is 16.7 Å². The van der Waals surface area contributed by atoms with E-state index in [-0.39, 0.29) is 11.8 Å². The van der Waals surface area contributed by atoms with Gasteiger partial charge in [-0.3, -0.25) is 4.79 Å². The van der Waals surface area contributed by atoms with Gasteiger partial charge < -0.3 is 25.6 Å². The number of amides is 1. The van der Waals surface area contributed by atoms with Crippen LogP contribution in [0, 0.1) is 0 Å². The summed E-state index contributed by atoms with van der Waals surface area (Å²) < 4.78 is 4.94. The topological polar surface area (TPSA) is 78.0 Å². The number of aliphatic imine (C=N–C) groups is 1. The van der Waals surface area contributed by atoms with Crippen LogP contribution in [0.3, 0.4) is 0 Å². The van der Waals surface area contributed by atoms with Crippen LogP contribution >= 0.6 is 11.6 Å². The van der Waals surface area contributed by atoms with Gasteiger partial charge in [0.15, 0.2) is 0 Å². The van der Waals surface area contributed by atoms with Crippen LogP contribution in [-0.2, 0) is 28.9 Å². The molecule has 2 unspecified atom stereocenters. The largest absolute Gasteiger partial charge is 0.379 e. The number of rotatable bonds is 5. The molecule has 2 aromatic carbocycles. The van der Waals surface area contributed by atoms with E-state index in [4.69, 9.17) is 21.3 Å². The van der Waals surface area contributed by atoms with Crippen molar-refractivity contribution in [3.63, 3.8) is 0 Å². The molecule has 2 aliphatic heterocycles. The Bertz CT molecular complexity index is 1200. The Balaban J connectivity index is 0.000000601. The van der Waals surface area contributed by atoms with Gasteiger partial charge in [0.1, 0.15) is 12.0 Å². The number of benzene rings is 2. The van der Waals surface area contributed by atoms with Crippen molar-refractivity contribution >= 4 is 35.2 Å². The number of anilines is 2. The number of hydrogen-bond acceptors (Lipinski definition) is 6. The van der Waals surface area contributed by atoms with E-state index in [9.17, 15) is 4.79 Å². The predicted octanol–water partition coefficient (Wildman–Crippen LogP) is 7.14. The molecule has 1 fully saturated rings. The molecule has 0 spiro atoms. The van der Waals surface area contributed by atoms with Crippen molar-refractivity contribution in [2.24, 2.45) is 4.99 Å². The molecule has 1 amide bonds. The number of likely N-dealkylation sites (tertiary alicyclic amines) is 1. The van der Waals surface area contributed by atoms with Gasteiger partial charge in [0.2, 0.25) is 6.41 Å². The molecule has 4 bridgehead atoms. The van der Waals surface area contributed by atoms with Gasteiger partial charge in [-0.1, -0.05) is 42.0 Å². The van der Waals surface area contributed by atoms with Crippen molar-refractivity contribution in [1.82, 2.24) is 10.2 Å². The average molecular weight is 596 g/mol. The Kier molecular flexibility index (Phi) is 14.8. The fraction of sp³-hybridized carbons (Fsp3) is 0.471. The summed E-state index contributed by atoms with van der Waals surface area (Å²) in [5, 5.41) is 11.1. The number of nitrogens with one attached hydrogen (secondary N) is 3. The summed E-state index contributed by atoms with van der Waals surface area (Å²) in [4.78, 5) is 17.7. The minimum Gasteiger partial charge on any atom is -0.379 e. The molecule has 0 saturated carbocycles. The monoisotopic (exact) mass is 595 g/mol. The van der Waals surface area contributed by atoms with Crippen LogP contribution in [0.2, 0.25) is 0 Å². The van der Waals surface area contributed by atoms with Crippen LogP contribution < -0.4 is 16.0 Å². The second-order valence-electron chi connectivity index (χ2n) is 11.4. The number of halogens is 1. The van der Waals surface area contributed by atoms with E-state index >= 15 is 0 Å². The van der Waals surface area contributed by atoms with Gasteiger partial charge in [0.25, 0.3) is 0 Å². The molecule has 2 aromatic rings. The quantitative estimate of drug-likeness (QED) is 0.253. The van der Waals surface area contributed by atoms with Crippen LogP contribution in [0.15, 0.2) is 71.2 Å². The molecule has 7 nitrogen and oxygen atoms in total. The third kappa shape index (κ3) is 12.4. The van der Waals surface area contributed by atoms with Crippen LogP contribution in [-0.4, -0.2) is 55.2 Å². The molecule has 2 aliphatic rings. The zero-order chi connectivity index (χ0) is 31.1. The first-order valence-electron chi connectivity index (χ1n) is 14.7. The molecule has 3 N–H and O–H groups in total. The van der Waals surface area contributed by atoms with Crippen LogP contribution in [0.4, 0.5) is 11.4 Å². The number of ether oxygens (including phenoxy) is 1. The lowest BCUT2D eigenvalue weighted by atomic mass is 9.98. The first-order chi connectivity index (χ1) is 20.0. The van der Waals surface area contributed by atoms with E-state index in [1.54, 1.807) is 13.2 Å². The molecule has 8 heteroatoms. The lowest BCUT2D eigenvalue weighted by molar-refractivity contribution is -0.117. The zero-order valence-corrected chi connectivity index (χ0v) is 27.2. The molecule has 2 heterocycles. The highest BCUT2D eigenvalue weighted by Gasteiger charge is 2.21. The van der Waals surface area contributed by atoms with Gasteiger partial charge >= 0.3 is 0 Å². The zero-order valence-electron chi connectivity index (χ0n) is 26.5. The third-order valence-electron chi connectivity index (χ3n) is 6.82. The molecule has 0 aromatic heterocycles. The van der Waals surface area contributed by atoms with E-state index < -0.39 is 0 Å². The molecular formula is C34H50ClN5O2. The summed E-state index contributed by atoms with van der Waals surface area (Å²) in [7, 11) is 1.71. The number of methoxy groups -OCH3 is 1. The van der Waals surface area contributed by atoms with Gasteiger partial charge in [0, 0.05) is 44.2 Å². The van der Waals surface area contributed by atoms with Gasteiger partial charge in [0.05, 0.1) is 10.6 Å². The number of allylic oxidation sites excluding steroid dienone is 2. The summed E-state index contributed by atoms with van der Waals surface area (Å²) in [5.74, 6) is 0.645. The highest BCUT2D eigenvalue weighted by Crippen LogP contribution is 2.23. The van der Waals surface area contributed by atoms with E-state index in [0.29, 0.717) is 16.9 Å². The molecule has 230 valence electrons. The minimum atomic E-state index is -0.141. The van der Waals surface area contributed by atoms with Crippen LogP contribution in [0.5, 0.6) is 0 Å². The lowest BCUT2D eigenvalue weighted by Gasteiger charge is -2.18. The number of carbonyl (C=O) groups excluding carboxylic acids is 1. The molecule has 2 atom stereocenters. The average Bonchev–Trinajstić information content (AvgIpc) is 3.43. The maximum Gasteiger partial charge on any atom is 0.209 e. The minimum absolute atomic E-state index is 0.0417. The summed E-state index contributed by atoms with van der Waals surface area (Å²) in [6.45, 7) is 17.6. The highest BCUT2D eigenvalue weighted by molar-refractivity contribution is 6.44. The number of nitrogens with zero attached hydrogens (tertiary/aromatic N) is 2. The van der Waals surface area contributed by atoms with Crippen molar-refractivity contribution in [2.75, 3.05) is 30.8 Å². The third-order valence-corrected chi connectivity index (χ3v) is 7.22. The number of hydrogen-bond donors (Lipinski definition) is 3. The Morgan fingerprint density at radius 3 is 2.52 bits per heavy atom. The van der Waals surface area contributed by atoms with E-state index in [0.717, 1.165) is 56.7 Å². The molecule has 1 saturated heterocycles. The Morgan fingerprint density at radius 2 is 1.90 bits per heavy atom. The van der Waals surface area contributed by atoms with Crippen molar-refractivity contribution < 1.29 is 9.53 Å². The number of aryl methyl sites for hydroxylation is 2. The van der Waals surface area contributed by atoms with Crippen molar-refractivity contribution in [3.8, 4) is 0 Å². The van der Waals surface area contributed by atoms with E-state index in [1.807, 2.05) is 52.5 Å².